The standard InChI is InChI=1S/C31H38O7/c1-16(2)11-23(32)22-9-10-24-25(28(22)35-6)29(33)36-15-20-12-17(3)18(4)26(27(20)37-24)38-30(34)31(5)14-19-7-8-21(31)13-19/h9-10,12,16,19,21,23,32H,7-8,11,13-15H2,1-6H3/t19-,21+,23+,31+/m1/s1. The first kappa shape index (κ1) is 26.5. The lowest BCUT2D eigenvalue weighted by atomic mass is 9.75. The molecule has 0 saturated heterocycles. The summed E-state index contributed by atoms with van der Waals surface area (Å²) < 4.78 is 23.9. The topological polar surface area (TPSA) is 91.3 Å². The SMILES string of the molecule is COc1c([C@@H](O)CC(C)C)ccc2c1C(=O)OCc1cc(C)c(C)c(OC(=O)[C@@]3(C)C[C@@H]4CC[C@H]3C4)c1O2. The van der Waals surface area contributed by atoms with E-state index in [0.717, 1.165) is 30.4 Å². The van der Waals surface area contributed by atoms with Crippen LogP contribution in [0.2, 0.25) is 0 Å². The zero-order valence-corrected chi connectivity index (χ0v) is 23.2. The van der Waals surface area contributed by atoms with E-state index in [0.29, 0.717) is 40.9 Å². The number of aliphatic hydroxyl groups excluding tert-OH is 1. The molecular formula is C31H38O7. The number of methoxy groups -OCH3 is 1. The van der Waals surface area contributed by atoms with E-state index < -0.39 is 17.5 Å². The van der Waals surface area contributed by atoms with Crippen LogP contribution in [-0.4, -0.2) is 24.2 Å². The molecule has 204 valence electrons. The monoisotopic (exact) mass is 522 g/mol. The fraction of sp³-hybridized carbons (Fsp3) is 0.548. The number of esters is 2. The molecule has 7 heteroatoms. The molecule has 7 nitrogen and oxygen atoms in total. The number of aryl methyl sites for hydroxylation is 1. The second-order valence-electron chi connectivity index (χ2n) is 11.9. The minimum atomic E-state index is -0.815. The normalized spacial score (nSPS) is 24.6. The summed E-state index contributed by atoms with van der Waals surface area (Å²) in [7, 11) is 1.46. The van der Waals surface area contributed by atoms with E-state index in [-0.39, 0.29) is 35.6 Å². The van der Waals surface area contributed by atoms with Crippen molar-refractivity contribution in [3.63, 3.8) is 0 Å². The maximum absolute atomic E-state index is 13.6. The predicted molar refractivity (Wildman–Crippen MR) is 142 cm³/mol. The molecule has 0 aromatic heterocycles. The van der Waals surface area contributed by atoms with Crippen LogP contribution in [0.3, 0.4) is 0 Å². The van der Waals surface area contributed by atoms with Crippen LogP contribution in [0.25, 0.3) is 0 Å². The summed E-state index contributed by atoms with van der Waals surface area (Å²) >= 11 is 0. The number of cyclic esters (lactones) is 1. The van der Waals surface area contributed by atoms with E-state index in [9.17, 15) is 14.7 Å². The number of carbonyl (C=O) groups is 2. The van der Waals surface area contributed by atoms with Crippen molar-refractivity contribution in [2.24, 2.45) is 23.2 Å². The van der Waals surface area contributed by atoms with Crippen molar-refractivity contribution in [3.8, 4) is 23.0 Å². The molecule has 3 aliphatic rings. The molecule has 2 fully saturated rings. The van der Waals surface area contributed by atoms with Gasteiger partial charge in [-0.3, -0.25) is 4.79 Å². The molecule has 1 heterocycles. The fourth-order valence-electron chi connectivity index (χ4n) is 6.58. The zero-order chi connectivity index (χ0) is 27.4. The van der Waals surface area contributed by atoms with E-state index in [4.69, 9.17) is 18.9 Å². The van der Waals surface area contributed by atoms with Crippen molar-refractivity contribution in [3.05, 3.63) is 46.0 Å². The lowest BCUT2D eigenvalue weighted by Crippen LogP contribution is -2.37. The smallest absolute Gasteiger partial charge is 0.346 e. The van der Waals surface area contributed by atoms with Gasteiger partial charge in [-0.15, -0.1) is 0 Å². The molecule has 1 N–H and O–H groups in total. The van der Waals surface area contributed by atoms with Gasteiger partial charge in [-0.1, -0.05) is 20.3 Å². The van der Waals surface area contributed by atoms with E-state index in [2.05, 4.69) is 0 Å². The van der Waals surface area contributed by atoms with Crippen LogP contribution in [0.5, 0.6) is 23.0 Å². The van der Waals surface area contributed by atoms with E-state index in [1.54, 1.807) is 12.1 Å². The van der Waals surface area contributed by atoms with Crippen molar-refractivity contribution in [1.29, 1.82) is 0 Å². The number of benzene rings is 2. The summed E-state index contributed by atoms with van der Waals surface area (Å²) in [5.74, 6) is 1.51. The molecule has 2 saturated carbocycles. The Morgan fingerprint density at radius 1 is 1.21 bits per heavy atom. The lowest BCUT2D eigenvalue weighted by Gasteiger charge is -2.32. The summed E-state index contributed by atoms with van der Waals surface area (Å²) in [6, 6.07) is 5.25. The minimum Gasteiger partial charge on any atom is -0.495 e. The molecule has 0 radical (unpaired) electrons. The summed E-state index contributed by atoms with van der Waals surface area (Å²) in [5, 5.41) is 10.8. The van der Waals surface area contributed by atoms with Crippen molar-refractivity contribution in [1.82, 2.24) is 0 Å². The maximum Gasteiger partial charge on any atom is 0.346 e. The Balaban J connectivity index is 1.57. The van der Waals surface area contributed by atoms with Crippen LogP contribution >= 0.6 is 0 Å². The van der Waals surface area contributed by atoms with E-state index in [1.165, 1.54) is 13.5 Å². The highest BCUT2D eigenvalue weighted by molar-refractivity contribution is 5.97. The molecule has 0 amide bonds. The van der Waals surface area contributed by atoms with Gasteiger partial charge in [0.05, 0.1) is 18.6 Å². The molecule has 5 rings (SSSR count). The van der Waals surface area contributed by atoms with Crippen LogP contribution in [0.15, 0.2) is 18.2 Å². The average Bonchev–Trinajstić information content (AvgIpc) is 3.46. The van der Waals surface area contributed by atoms with Gasteiger partial charge in [-0.2, -0.15) is 0 Å². The number of carbonyl (C=O) groups excluding carboxylic acids is 2. The first-order valence-corrected chi connectivity index (χ1v) is 13.6. The second-order valence-corrected chi connectivity index (χ2v) is 11.9. The Morgan fingerprint density at radius 2 is 1.97 bits per heavy atom. The molecule has 2 bridgehead atoms. The minimum absolute atomic E-state index is 0.0524. The van der Waals surface area contributed by atoms with Gasteiger partial charge in [0.2, 0.25) is 0 Å². The van der Waals surface area contributed by atoms with Crippen molar-refractivity contribution >= 4 is 11.9 Å². The van der Waals surface area contributed by atoms with Crippen molar-refractivity contribution < 1.29 is 33.6 Å². The first-order valence-electron chi connectivity index (χ1n) is 13.6. The number of rotatable bonds is 6. The first-order chi connectivity index (χ1) is 18.0. The highest BCUT2D eigenvalue weighted by atomic mass is 16.6. The number of ether oxygens (including phenoxy) is 4. The summed E-state index contributed by atoms with van der Waals surface area (Å²) in [4.78, 5) is 26.8. The van der Waals surface area contributed by atoms with Gasteiger partial charge in [0.1, 0.15) is 23.7 Å². The molecule has 2 aromatic carbocycles. The van der Waals surface area contributed by atoms with Crippen molar-refractivity contribution in [2.75, 3.05) is 7.11 Å². The Bertz CT molecular complexity index is 1280. The Labute approximate surface area is 224 Å². The third-order valence-corrected chi connectivity index (χ3v) is 8.82. The summed E-state index contributed by atoms with van der Waals surface area (Å²) in [6.07, 6.45) is 3.88. The molecule has 1 aliphatic heterocycles. The van der Waals surface area contributed by atoms with Gasteiger partial charge in [0.25, 0.3) is 0 Å². The predicted octanol–water partition coefficient (Wildman–Crippen LogP) is 6.59. The molecule has 0 spiro atoms. The van der Waals surface area contributed by atoms with Crippen LogP contribution < -0.4 is 14.2 Å². The van der Waals surface area contributed by atoms with E-state index in [1.807, 2.05) is 40.7 Å². The van der Waals surface area contributed by atoms with E-state index >= 15 is 0 Å². The van der Waals surface area contributed by atoms with Gasteiger partial charge in [0.15, 0.2) is 11.5 Å². The van der Waals surface area contributed by atoms with Crippen LogP contribution in [-0.2, 0) is 16.1 Å². The fourth-order valence-corrected chi connectivity index (χ4v) is 6.58. The molecule has 4 atom stereocenters. The number of hydrogen-bond donors (Lipinski definition) is 1. The van der Waals surface area contributed by atoms with Gasteiger partial charge in [-0.05, 0) is 93.5 Å². The van der Waals surface area contributed by atoms with Crippen molar-refractivity contribution in [2.45, 2.75) is 79.4 Å². The number of fused-ring (bicyclic) bond motifs is 4. The van der Waals surface area contributed by atoms with Gasteiger partial charge < -0.3 is 24.1 Å². The zero-order valence-electron chi connectivity index (χ0n) is 23.2. The third-order valence-electron chi connectivity index (χ3n) is 8.82. The van der Waals surface area contributed by atoms with Gasteiger partial charge in [-0.25, -0.2) is 4.79 Å². The molecule has 38 heavy (non-hydrogen) atoms. The largest absolute Gasteiger partial charge is 0.495 e. The average molecular weight is 523 g/mol. The molecule has 2 aliphatic carbocycles. The van der Waals surface area contributed by atoms with Crippen LogP contribution in [0.1, 0.15) is 91.6 Å². The van der Waals surface area contributed by atoms with Crippen LogP contribution in [0, 0.1) is 37.0 Å². The second kappa shape index (κ2) is 9.92. The summed E-state index contributed by atoms with van der Waals surface area (Å²) in [6.45, 7) is 9.85. The van der Waals surface area contributed by atoms with Gasteiger partial charge in [0, 0.05) is 11.1 Å². The number of aliphatic hydroxyl groups is 1. The van der Waals surface area contributed by atoms with Crippen LogP contribution in [0.4, 0.5) is 0 Å². The highest BCUT2D eigenvalue weighted by Crippen LogP contribution is 2.57. The summed E-state index contributed by atoms with van der Waals surface area (Å²) in [5.41, 5.74) is 2.42. The molecule has 2 aromatic rings. The maximum atomic E-state index is 13.6. The highest BCUT2D eigenvalue weighted by Gasteiger charge is 2.53. The lowest BCUT2D eigenvalue weighted by molar-refractivity contribution is -0.148. The van der Waals surface area contributed by atoms with Gasteiger partial charge >= 0.3 is 11.9 Å². The quantitative estimate of drug-likeness (QED) is 0.338. The molecule has 0 unspecified atom stereocenters. The third kappa shape index (κ3) is 4.45. The Hall–Kier alpha value is -3.06. The number of hydrogen-bond acceptors (Lipinski definition) is 7. The Morgan fingerprint density at radius 3 is 2.61 bits per heavy atom. The molecular weight excluding hydrogens is 484 g/mol. The Kier molecular flexibility index (Phi) is 6.93.